The minimum absolute atomic E-state index is 0.0957. The van der Waals surface area contributed by atoms with Gasteiger partial charge in [-0.3, -0.25) is 0 Å². The van der Waals surface area contributed by atoms with E-state index >= 15 is 0 Å². The highest BCUT2D eigenvalue weighted by atomic mass is 35.5. The fraction of sp³-hybridized carbons (Fsp3) is 0.0526. The van der Waals surface area contributed by atoms with Crippen molar-refractivity contribution in [1.82, 2.24) is 0 Å². The summed E-state index contributed by atoms with van der Waals surface area (Å²) in [4.78, 5) is 1.07. The number of ether oxygens (including phenoxy) is 1. The van der Waals surface area contributed by atoms with E-state index < -0.39 is 11.7 Å². The van der Waals surface area contributed by atoms with Crippen LogP contribution >= 0.6 is 23.5 Å². The van der Waals surface area contributed by atoms with E-state index in [0.717, 1.165) is 22.7 Å². The van der Waals surface area contributed by atoms with Crippen molar-refractivity contribution < 1.29 is 17.9 Å². The van der Waals surface area contributed by atoms with Crippen LogP contribution in [0.3, 0.4) is 0 Å². The van der Waals surface area contributed by atoms with Gasteiger partial charge in [0.1, 0.15) is 11.5 Å². The summed E-state index contributed by atoms with van der Waals surface area (Å²) >= 11 is 7.36. The first-order valence-electron chi connectivity index (χ1n) is 7.54. The summed E-state index contributed by atoms with van der Waals surface area (Å²) in [5, 5.41) is -0.0957. The molecule has 2 nitrogen and oxygen atoms in total. The van der Waals surface area contributed by atoms with Crippen molar-refractivity contribution in [2.24, 2.45) is 0 Å². The van der Waals surface area contributed by atoms with Crippen LogP contribution in [0, 0.1) is 0 Å². The quantitative estimate of drug-likeness (QED) is 0.459. The molecule has 0 radical (unpaired) electrons. The Morgan fingerprint density at radius 1 is 0.885 bits per heavy atom. The van der Waals surface area contributed by atoms with Gasteiger partial charge in [0.15, 0.2) is 0 Å². The molecule has 3 rings (SSSR count). The molecular weight excluding hydrogens is 383 g/mol. The van der Waals surface area contributed by atoms with Gasteiger partial charge in [-0.2, -0.15) is 13.2 Å². The van der Waals surface area contributed by atoms with Crippen molar-refractivity contribution in [2.45, 2.75) is 11.1 Å². The largest absolute Gasteiger partial charge is 0.456 e. The van der Waals surface area contributed by atoms with Crippen molar-refractivity contribution in [2.75, 3.05) is 4.72 Å². The molecule has 7 heteroatoms. The first-order chi connectivity index (χ1) is 12.4. The molecule has 0 aliphatic rings. The first kappa shape index (κ1) is 18.5. The lowest BCUT2D eigenvalue weighted by Crippen LogP contribution is -2.04. The van der Waals surface area contributed by atoms with Crippen molar-refractivity contribution in [3.63, 3.8) is 0 Å². The topological polar surface area (TPSA) is 21.3 Å². The van der Waals surface area contributed by atoms with Crippen molar-refractivity contribution >= 4 is 29.2 Å². The predicted molar refractivity (Wildman–Crippen MR) is 98.9 cm³/mol. The Morgan fingerprint density at radius 2 is 1.58 bits per heavy atom. The van der Waals surface area contributed by atoms with Crippen LogP contribution in [-0.2, 0) is 6.18 Å². The van der Waals surface area contributed by atoms with E-state index in [2.05, 4.69) is 4.72 Å². The van der Waals surface area contributed by atoms with Gasteiger partial charge in [0.25, 0.3) is 0 Å². The van der Waals surface area contributed by atoms with Crippen LogP contribution in [0.4, 0.5) is 18.9 Å². The molecule has 0 saturated heterocycles. The van der Waals surface area contributed by atoms with Crippen LogP contribution in [0.25, 0.3) is 0 Å². The fourth-order valence-corrected chi connectivity index (χ4v) is 2.97. The van der Waals surface area contributed by atoms with E-state index in [4.69, 9.17) is 16.3 Å². The maximum absolute atomic E-state index is 12.7. The third kappa shape index (κ3) is 4.86. The maximum Gasteiger partial charge on any atom is 0.416 e. The number of nitrogens with one attached hydrogen (secondary N) is 1. The van der Waals surface area contributed by atoms with E-state index in [9.17, 15) is 13.2 Å². The molecule has 134 valence electrons. The van der Waals surface area contributed by atoms with Crippen molar-refractivity contribution in [1.29, 1.82) is 0 Å². The van der Waals surface area contributed by atoms with Crippen LogP contribution in [0.15, 0.2) is 77.7 Å². The van der Waals surface area contributed by atoms with E-state index in [0.29, 0.717) is 5.75 Å². The van der Waals surface area contributed by atoms with E-state index in [1.807, 2.05) is 42.5 Å². The van der Waals surface area contributed by atoms with Crippen LogP contribution in [0.2, 0.25) is 5.02 Å². The third-order valence-electron chi connectivity index (χ3n) is 3.37. The Hall–Kier alpha value is -2.31. The summed E-state index contributed by atoms with van der Waals surface area (Å²) in [7, 11) is 0. The molecule has 0 spiro atoms. The summed E-state index contributed by atoms with van der Waals surface area (Å²) in [5.74, 6) is 0.640. The highest BCUT2D eigenvalue weighted by Crippen LogP contribution is 2.36. The second-order valence-electron chi connectivity index (χ2n) is 5.29. The molecule has 1 N–H and O–H groups in total. The minimum Gasteiger partial charge on any atom is -0.456 e. The Morgan fingerprint density at radius 3 is 2.19 bits per heavy atom. The standard InChI is InChI=1S/C19H13ClF3NOS/c20-17-12-13(19(21,22)23)6-11-18(17)25-15-9-7-14(8-10-15)24-26-16-4-2-1-3-5-16/h1-12,24H. The van der Waals surface area contributed by atoms with Gasteiger partial charge in [-0.25, -0.2) is 0 Å². The summed E-state index contributed by atoms with van der Waals surface area (Å²) in [5.41, 5.74) is 0.0528. The third-order valence-corrected chi connectivity index (χ3v) is 4.51. The molecule has 0 bridgehead atoms. The minimum atomic E-state index is -4.44. The highest BCUT2D eigenvalue weighted by Gasteiger charge is 2.31. The number of halogens is 4. The zero-order valence-electron chi connectivity index (χ0n) is 13.3. The summed E-state index contributed by atoms with van der Waals surface area (Å²) in [6, 6.07) is 19.9. The lowest BCUT2D eigenvalue weighted by Gasteiger charge is -2.11. The van der Waals surface area contributed by atoms with Gasteiger partial charge in [0, 0.05) is 10.6 Å². The van der Waals surface area contributed by atoms with Gasteiger partial charge in [0.2, 0.25) is 0 Å². The second kappa shape index (κ2) is 7.93. The Labute approximate surface area is 158 Å². The molecule has 0 aliphatic heterocycles. The molecule has 3 aromatic carbocycles. The number of alkyl halides is 3. The molecule has 0 aromatic heterocycles. The lowest BCUT2D eigenvalue weighted by molar-refractivity contribution is -0.137. The van der Waals surface area contributed by atoms with Gasteiger partial charge in [-0.15, -0.1) is 0 Å². The van der Waals surface area contributed by atoms with E-state index in [-0.39, 0.29) is 10.8 Å². The Bertz CT molecular complexity index is 870. The molecule has 0 saturated carbocycles. The van der Waals surface area contributed by atoms with E-state index in [1.54, 1.807) is 12.1 Å². The molecule has 0 unspecified atom stereocenters. The molecular formula is C19H13ClF3NOS. The molecule has 0 aliphatic carbocycles. The zero-order valence-corrected chi connectivity index (χ0v) is 14.8. The molecule has 0 heterocycles. The summed E-state index contributed by atoms with van der Waals surface area (Å²) < 4.78 is 46.7. The normalized spacial score (nSPS) is 11.2. The SMILES string of the molecule is FC(F)(F)c1ccc(Oc2ccc(NSc3ccccc3)cc2)c(Cl)c1. The average Bonchev–Trinajstić information content (AvgIpc) is 2.63. The zero-order chi connectivity index (χ0) is 18.6. The Balaban J connectivity index is 1.64. The van der Waals surface area contributed by atoms with Crippen LogP contribution in [0.1, 0.15) is 5.56 Å². The lowest BCUT2D eigenvalue weighted by atomic mass is 10.2. The van der Waals surface area contributed by atoms with E-state index in [1.165, 1.54) is 18.0 Å². The van der Waals surface area contributed by atoms with Crippen molar-refractivity contribution in [3.8, 4) is 11.5 Å². The maximum atomic E-state index is 12.7. The molecule has 0 fully saturated rings. The average molecular weight is 396 g/mol. The van der Waals surface area contributed by atoms with Gasteiger partial charge >= 0.3 is 6.18 Å². The van der Waals surface area contributed by atoms with Gasteiger partial charge < -0.3 is 9.46 Å². The highest BCUT2D eigenvalue weighted by molar-refractivity contribution is 8.00. The van der Waals surface area contributed by atoms with Gasteiger partial charge in [0.05, 0.1) is 10.6 Å². The molecule has 0 atom stereocenters. The van der Waals surface area contributed by atoms with Crippen LogP contribution < -0.4 is 9.46 Å². The van der Waals surface area contributed by atoms with Crippen LogP contribution in [-0.4, -0.2) is 0 Å². The fourth-order valence-electron chi connectivity index (χ4n) is 2.08. The number of rotatable bonds is 5. The number of hydrogen-bond donors (Lipinski definition) is 1. The van der Waals surface area contributed by atoms with Gasteiger partial charge in [-0.05, 0) is 66.5 Å². The molecule has 0 amide bonds. The number of benzene rings is 3. The summed E-state index contributed by atoms with van der Waals surface area (Å²) in [6.07, 6.45) is -4.44. The van der Waals surface area contributed by atoms with Crippen LogP contribution in [0.5, 0.6) is 11.5 Å². The first-order valence-corrected chi connectivity index (χ1v) is 8.74. The van der Waals surface area contributed by atoms with Crippen molar-refractivity contribution in [3.05, 3.63) is 83.4 Å². The number of anilines is 1. The monoisotopic (exact) mass is 395 g/mol. The predicted octanol–water partition coefficient (Wildman–Crippen LogP) is 7.27. The second-order valence-corrected chi connectivity index (χ2v) is 6.57. The Kier molecular flexibility index (Phi) is 5.64. The van der Waals surface area contributed by atoms with Gasteiger partial charge in [-0.1, -0.05) is 29.8 Å². The smallest absolute Gasteiger partial charge is 0.416 e. The number of hydrogen-bond acceptors (Lipinski definition) is 3. The molecule has 3 aromatic rings. The molecule has 26 heavy (non-hydrogen) atoms. The summed E-state index contributed by atoms with van der Waals surface area (Å²) in [6.45, 7) is 0.